The maximum absolute atomic E-state index is 14.3. The molecule has 0 aliphatic carbocycles. The number of nitriles is 1. The van der Waals surface area contributed by atoms with Crippen LogP contribution in [-0.2, 0) is 6.54 Å². The minimum Gasteiger partial charge on any atom is -0.321 e. The lowest BCUT2D eigenvalue weighted by atomic mass is 9.93. The number of allylic oxidation sites excluding steroid dienone is 2. The van der Waals surface area contributed by atoms with Crippen molar-refractivity contribution in [3.63, 3.8) is 0 Å². The van der Waals surface area contributed by atoms with Crippen LogP contribution in [0.25, 0.3) is 56.2 Å². The first-order chi connectivity index (χ1) is 29.2. The van der Waals surface area contributed by atoms with Gasteiger partial charge in [0.25, 0.3) is 11.1 Å². The molecular weight excluding hydrogens is 761 g/mol. The normalized spacial score (nSPS) is 11.1. The molecule has 0 atom stereocenters. The number of pyridine rings is 4. The molecule has 0 radical (unpaired) electrons. The van der Waals surface area contributed by atoms with Gasteiger partial charge in [0.1, 0.15) is 11.6 Å². The van der Waals surface area contributed by atoms with Gasteiger partial charge in [-0.2, -0.15) is 5.26 Å². The fourth-order valence-electron chi connectivity index (χ4n) is 6.81. The molecule has 11 heteroatoms. The minimum absolute atomic E-state index is 0.0237. The molecule has 292 valence electrons. The highest BCUT2D eigenvalue weighted by molar-refractivity contribution is 6.16. The highest BCUT2D eigenvalue weighted by Crippen LogP contribution is 2.33. The van der Waals surface area contributed by atoms with Crippen LogP contribution in [0.1, 0.15) is 38.3 Å². The van der Waals surface area contributed by atoms with Crippen LogP contribution in [0.3, 0.4) is 0 Å². The fraction of sp³-hybridized carbons (Fsp3) is 0.0408. The molecule has 0 unspecified atom stereocenters. The van der Waals surface area contributed by atoms with Gasteiger partial charge in [-0.05, 0) is 95.1 Å². The van der Waals surface area contributed by atoms with Crippen molar-refractivity contribution in [2.45, 2.75) is 13.0 Å². The van der Waals surface area contributed by atoms with E-state index in [9.17, 15) is 28.0 Å². The lowest BCUT2D eigenvalue weighted by Crippen LogP contribution is -2.27. The second kappa shape index (κ2) is 18.4. The van der Waals surface area contributed by atoms with Crippen LogP contribution in [-0.4, -0.2) is 31.1 Å². The topological polar surface area (TPSA) is 139 Å². The number of rotatable bonds is 10. The van der Waals surface area contributed by atoms with E-state index in [4.69, 9.17) is 5.26 Å². The number of ketones is 2. The van der Waals surface area contributed by atoms with Gasteiger partial charge in [-0.25, -0.2) is 8.78 Å². The second-order valence-corrected chi connectivity index (χ2v) is 13.4. The first-order valence-corrected chi connectivity index (χ1v) is 18.7. The van der Waals surface area contributed by atoms with Gasteiger partial charge < -0.3 is 9.55 Å². The van der Waals surface area contributed by atoms with E-state index in [-0.39, 0.29) is 24.1 Å². The zero-order valence-corrected chi connectivity index (χ0v) is 31.8. The highest BCUT2D eigenvalue weighted by Gasteiger charge is 2.23. The van der Waals surface area contributed by atoms with Crippen molar-refractivity contribution in [2.24, 2.45) is 0 Å². The Morgan fingerprint density at radius 1 is 0.667 bits per heavy atom. The molecule has 0 aliphatic rings. The number of halogens is 2. The number of hydrogen-bond donors (Lipinski definition) is 1. The number of carbonyl (C=O) groups is 2. The molecule has 0 saturated carbocycles. The quantitative estimate of drug-likeness (QED) is 0.108. The van der Waals surface area contributed by atoms with Crippen molar-refractivity contribution in [3.05, 3.63) is 213 Å². The fourth-order valence-corrected chi connectivity index (χ4v) is 6.81. The van der Waals surface area contributed by atoms with Gasteiger partial charge in [0.15, 0.2) is 11.6 Å². The molecule has 8 rings (SSSR count). The van der Waals surface area contributed by atoms with Gasteiger partial charge in [0.2, 0.25) is 0 Å². The number of nitrogens with zero attached hydrogens (tertiary/aromatic N) is 4. The van der Waals surface area contributed by atoms with Crippen molar-refractivity contribution in [1.29, 1.82) is 5.26 Å². The molecular formula is C49H33F2N5O4. The number of carbonyl (C=O) groups excluding carboxylic acids is 2. The van der Waals surface area contributed by atoms with Crippen LogP contribution in [0.4, 0.5) is 8.78 Å². The number of H-pyrrole nitrogens is 1. The van der Waals surface area contributed by atoms with E-state index < -0.39 is 34.3 Å². The summed E-state index contributed by atoms with van der Waals surface area (Å²) >= 11 is 0. The number of benzene rings is 4. The molecule has 0 fully saturated rings. The molecule has 0 bridgehead atoms. The van der Waals surface area contributed by atoms with Crippen LogP contribution >= 0.6 is 0 Å². The zero-order valence-electron chi connectivity index (χ0n) is 31.8. The molecule has 60 heavy (non-hydrogen) atoms. The number of aryl methyl sites for hydroxylation is 1. The molecule has 8 aromatic rings. The van der Waals surface area contributed by atoms with Crippen molar-refractivity contribution < 1.29 is 18.4 Å². The molecule has 0 amide bonds. The van der Waals surface area contributed by atoms with E-state index >= 15 is 0 Å². The average Bonchev–Trinajstić information content (AvgIpc) is 3.28. The van der Waals surface area contributed by atoms with E-state index in [1.165, 1.54) is 53.1 Å². The zero-order chi connectivity index (χ0) is 42.0. The lowest BCUT2D eigenvalue weighted by Gasteiger charge is -2.17. The second-order valence-electron chi connectivity index (χ2n) is 13.4. The number of hydrogen-bond acceptors (Lipinski definition) is 7. The summed E-state index contributed by atoms with van der Waals surface area (Å²) in [5.41, 5.74) is 3.36. The van der Waals surface area contributed by atoms with Crippen LogP contribution in [0.15, 0.2) is 168 Å². The van der Waals surface area contributed by atoms with Crippen molar-refractivity contribution in [3.8, 4) is 28.3 Å². The molecule has 4 aromatic heterocycles. The number of aromatic nitrogens is 4. The number of nitrogens with one attached hydrogen (secondary N) is 1. The number of aromatic amines is 1. The standard InChI is InChI=1S/C26H18FN3O2.C23H15FN2O2/c27-20-10-11-22-21(16-20)24(19-7-2-1-3-8-19)25(26(32)30(22)15-5-13-28)23(31)12-9-18-6-4-14-29-17-18;24-17-9-10-19-18(13-17)21(16-6-2-1-3-7-16)22(23(28)26-19)20(27)11-8-15-5-4-12-25-14-15/h1-4,6-12,14,16-17H,5,15H2;1-14H,(H,26,28)/b12-9+;11-8+. The van der Waals surface area contributed by atoms with Gasteiger partial charge in [0.05, 0.1) is 29.1 Å². The van der Waals surface area contributed by atoms with Crippen LogP contribution in [0.2, 0.25) is 0 Å². The molecule has 0 aliphatic heterocycles. The third-order valence-corrected chi connectivity index (χ3v) is 9.49. The highest BCUT2D eigenvalue weighted by atomic mass is 19.1. The van der Waals surface area contributed by atoms with E-state index in [1.54, 1.807) is 110 Å². The Balaban J connectivity index is 0.000000183. The summed E-state index contributed by atoms with van der Waals surface area (Å²) in [6, 6.07) is 35.3. The van der Waals surface area contributed by atoms with Crippen LogP contribution in [0.5, 0.6) is 0 Å². The summed E-state index contributed by atoms with van der Waals surface area (Å²) in [5.74, 6) is -1.89. The Morgan fingerprint density at radius 3 is 1.75 bits per heavy atom. The minimum atomic E-state index is -0.515. The van der Waals surface area contributed by atoms with Crippen LogP contribution < -0.4 is 11.1 Å². The lowest BCUT2D eigenvalue weighted by molar-refractivity contribution is 0.103. The summed E-state index contributed by atoms with van der Waals surface area (Å²) in [4.78, 5) is 63.2. The first kappa shape index (κ1) is 40.0. The Hall–Kier alpha value is -8.23. The first-order valence-electron chi connectivity index (χ1n) is 18.7. The van der Waals surface area contributed by atoms with Crippen molar-refractivity contribution in [1.82, 2.24) is 19.5 Å². The van der Waals surface area contributed by atoms with Crippen molar-refractivity contribution in [2.75, 3.05) is 0 Å². The molecule has 1 N–H and O–H groups in total. The summed E-state index contributed by atoms with van der Waals surface area (Å²) in [6.07, 6.45) is 12.4. The SMILES string of the molecule is N#CCCn1c(=O)c(C(=O)/C=C/c2cccnc2)c(-c2ccccc2)c2cc(F)ccc21.O=C(/C=C/c1cccnc1)c1c(-c2ccccc2)c2cc(F)ccc2[nH]c1=O. The summed E-state index contributed by atoms with van der Waals surface area (Å²) < 4.78 is 29.6. The maximum atomic E-state index is 14.3. The summed E-state index contributed by atoms with van der Waals surface area (Å²) in [6.45, 7) is 0.0964. The largest absolute Gasteiger partial charge is 0.321 e. The Morgan fingerprint density at radius 2 is 1.20 bits per heavy atom. The van der Waals surface area contributed by atoms with Crippen molar-refractivity contribution >= 4 is 45.5 Å². The number of fused-ring (bicyclic) bond motifs is 2. The summed E-state index contributed by atoms with van der Waals surface area (Å²) in [5, 5.41) is 9.96. The molecule has 0 spiro atoms. The molecule has 4 heterocycles. The van der Waals surface area contributed by atoms with Gasteiger partial charge in [-0.1, -0.05) is 72.8 Å². The Labute approximate surface area is 341 Å². The Bertz CT molecular complexity index is 3090. The maximum Gasteiger partial charge on any atom is 0.262 e. The van der Waals surface area contributed by atoms with Gasteiger partial charge in [-0.15, -0.1) is 0 Å². The predicted molar refractivity (Wildman–Crippen MR) is 229 cm³/mol. The van der Waals surface area contributed by atoms with Gasteiger partial charge in [-0.3, -0.25) is 29.1 Å². The van der Waals surface area contributed by atoms with E-state index in [2.05, 4.69) is 15.0 Å². The summed E-state index contributed by atoms with van der Waals surface area (Å²) in [7, 11) is 0. The van der Waals surface area contributed by atoms with E-state index in [0.29, 0.717) is 49.6 Å². The third-order valence-electron chi connectivity index (χ3n) is 9.49. The Kier molecular flexibility index (Phi) is 12.2. The molecule has 9 nitrogen and oxygen atoms in total. The third kappa shape index (κ3) is 8.83. The smallest absolute Gasteiger partial charge is 0.262 e. The average molecular weight is 794 g/mol. The van der Waals surface area contributed by atoms with E-state index in [1.807, 2.05) is 18.2 Å². The monoisotopic (exact) mass is 793 g/mol. The van der Waals surface area contributed by atoms with Gasteiger partial charge >= 0.3 is 0 Å². The van der Waals surface area contributed by atoms with Crippen LogP contribution in [0, 0.1) is 23.0 Å². The van der Waals surface area contributed by atoms with E-state index in [0.717, 1.165) is 5.56 Å². The molecule has 0 saturated heterocycles. The molecule has 4 aromatic carbocycles. The van der Waals surface area contributed by atoms with Gasteiger partial charge in [0, 0.05) is 58.7 Å². The predicted octanol–water partition coefficient (Wildman–Crippen LogP) is 9.64.